The Morgan fingerprint density at radius 2 is 2.11 bits per heavy atom. The van der Waals surface area contributed by atoms with Gasteiger partial charge >= 0.3 is 0 Å². The van der Waals surface area contributed by atoms with Crippen LogP contribution < -0.4 is 0 Å². The Hall–Kier alpha value is -1.22. The standard InChI is InChI=1S/C15H20ClNO2/c16-11-13-7-2-1-5-9-17(13)15(19)10-12-6-3-4-8-14(12)18/h3-4,6,8,13,18H,1-2,5,7,9-11H2. The number of phenolic OH excluding ortho intramolecular Hbond substituents is 1. The van der Waals surface area contributed by atoms with Crippen molar-refractivity contribution in [2.24, 2.45) is 0 Å². The molecular weight excluding hydrogens is 262 g/mol. The van der Waals surface area contributed by atoms with Gasteiger partial charge in [0.05, 0.1) is 6.42 Å². The minimum atomic E-state index is 0.0639. The molecule has 1 aliphatic rings. The van der Waals surface area contributed by atoms with Crippen LogP contribution in [0.3, 0.4) is 0 Å². The lowest BCUT2D eigenvalue weighted by Crippen LogP contribution is -2.41. The first-order valence-electron chi connectivity index (χ1n) is 6.84. The summed E-state index contributed by atoms with van der Waals surface area (Å²) in [5.74, 6) is 0.745. The Morgan fingerprint density at radius 1 is 1.32 bits per heavy atom. The molecule has 1 fully saturated rings. The van der Waals surface area contributed by atoms with E-state index in [0.29, 0.717) is 11.4 Å². The zero-order valence-electron chi connectivity index (χ0n) is 11.0. The lowest BCUT2D eigenvalue weighted by atomic mass is 10.1. The molecule has 1 aliphatic heterocycles. The summed E-state index contributed by atoms with van der Waals surface area (Å²) in [5.41, 5.74) is 0.685. The van der Waals surface area contributed by atoms with E-state index >= 15 is 0 Å². The summed E-state index contributed by atoms with van der Waals surface area (Å²) in [6, 6.07) is 7.15. The first kappa shape index (κ1) is 14.2. The molecule has 1 aromatic carbocycles. The molecule has 2 rings (SSSR count). The van der Waals surface area contributed by atoms with Gasteiger partial charge in [-0.15, -0.1) is 11.6 Å². The van der Waals surface area contributed by atoms with Crippen LogP contribution in [0.5, 0.6) is 5.75 Å². The Kier molecular flexibility index (Phi) is 5.08. The van der Waals surface area contributed by atoms with Gasteiger partial charge in [0.15, 0.2) is 0 Å². The van der Waals surface area contributed by atoms with E-state index in [9.17, 15) is 9.90 Å². The van der Waals surface area contributed by atoms with Crippen LogP contribution in [0.25, 0.3) is 0 Å². The number of alkyl halides is 1. The molecule has 1 saturated heterocycles. The first-order chi connectivity index (χ1) is 9.22. The number of hydrogen-bond acceptors (Lipinski definition) is 2. The van der Waals surface area contributed by atoms with Gasteiger partial charge < -0.3 is 10.0 Å². The van der Waals surface area contributed by atoms with Crippen LogP contribution in [0, 0.1) is 0 Å². The molecular formula is C15H20ClNO2. The van der Waals surface area contributed by atoms with Crippen LogP contribution >= 0.6 is 11.6 Å². The van der Waals surface area contributed by atoms with Crippen molar-refractivity contribution >= 4 is 17.5 Å². The van der Waals surface area contributed by atoms with E-state index in [2.05, 4.69) is 0 Å². The third-order valence-electron chi connectivity index (χ3n) is 3.71. The SMILES string of the molecule is O=C(Cc1ccccc1O)N1CCCCCC1CCl. The molecule has 1 heterocycles. The number of halogens is 1. The van der Waals surface area contributed by atoms with Gasteiger partial charge in [-0.2, -0.15) is 0 Å². The molecule has 1 aromatic rings. The fourth-order valence-electron chi connectivity index (χ4n) is 2.59. The number of nitrogens with zero attached hydrogens (tertiary/aromatic N) is 1. The largest absolute Gasteiger partial charge is 0.508 e. The Morgan fingerprint density at radius 3 is 2.84 bits per heavy atom. The third-order valence-corrected chi connectivity index (χ3v) is 4.07. The molecule has 1 N–H and O–H groups in total. The van der Waals surface area contributed by atoms with Crippen molar-refractivity contribution in [1.29, 1.82) is 0 Å². The number of benzene rings is 1. The smallest absolute Gasteiger partial charge is 0.227 e. The fourth-order valence-corrected chi connectivity index (χ4v) is 2.91. The van der Waals surface area contributed by atoms with Crippen LogP contribution in [-0.2, 0) is 11.2 Å². The minimum absolute atomic E-state index is 0.0639. The normalized spacial score (nSPS) is 20.1. The molecule has 19 heavy (non-hydrogen) atoms. The fraction of sp³-hybridized carbons (Fsp3) is 0.533. The van der Waals surface area contributed by atoms with Gasteiger partial charge in [-0.1, -0.05) is 31.0 Å². The molecule has 3 nitrogen and oxygen atoms in total. The van der Waals surface area contributed by atoms with E-state index in [1.54, 1.807) is 18.2 Å². The number of carbonyl (C=O) groups is 1. The maximum absolute atomic E-state index is 12.4. The highest BCUT2D eigenvalue weighted by atomic mass is 35.5. The van der Waals surface area contributed by atoms with Crippen molar-refractivity contribution in [3.05, 3.63) is 29.8 Å². The van der Waals surface area contributed by atoms with Crippen LogP contribution in [0.1, 0.15) is 31.2 Å². The van der Waals surface area contributed by atoms with Gasteiger partial charge in [0.2, 0.25) is 5.91 Å². The van der Waals surface area contributed by atoms with E-state index in [1.807, 2.05) is 11.0 Å². The molecule has 0 bridgehead atoms. The second kappa shape index (κ2) is 6.80. The van der Waals surface area contributed by atoms with E-state index in [-0.39, 0.29) is 24.1 Å². The zero-order chi connectivity index (χ0) is 13.7. The second-order valence-electron chi connectivity index (χ2n) is 5.05. The van der Waals surface area contributed by atoms with E-state index in [0.717, 1.165) is 32.2 Å². The molecule has 1 unspecified atom stereocenters. The minimum Gasteiger partial charge on any atom is -0.508 e. The van der Waals surface area contributed by atoms with Crippen molar-refractivity contribution in [3.63, 3.8) is 0 Å². The first-order valence-corrected chi connectivity index (χ1v) is 7.38. The van der Waals surface area contributed by atoms with Gasteiger partial charge in [0, 0.05) is 24.0 Å². The van der Waals surface area contributed by atoms with Gasteiger partial charge in [-0.05, 0) is 18.9 Å². The lowest BCUT2D eigenvalue weighted by molar-refractivity contribution is -0.132. The predicted octanol–water partition coefficient (Wildman–Crippen LogP) is 2.94. The van der Waals surface area contributed by atoms with E-state index < -0.39 is 0 Å². The molecule has 1 atom stereocenters. The summed E-state index contributed by atoms with van der Waals surface area (Å²) in [4.78, 5) is 14.3. The molecule has 0 spiro atoms. The highest BCUT2D eigenvalue weighted by Crippen LogP contribution is 2.21. The van der Waals surface area contributed by atoms with Crippen molar-refractivity contribution in [3.8, 4) is 5.75 Å². The highest BCUT2D eigenvalue weighted by Gasteiger charge is 2.25. The Bertz CT molecular complexity index is 436. The van der Waals surface area contributed by atoms with Crippen molar-refractivity contribution < 1.29 is 9.90 Å². The Labute approximate surface area is 119 Å². The molecule has 0 saturated carbocycles. The summed E-state index contributed by atoms with van der Waals surface area (Å²) in [6.45, 7) is 0.782. The summed E-state index contributed by atoms with van der Waals surface area (Å²) in [6.07, 6.45) is 4.57. The Balaban J connectivity index is 2.07. The number of para-hydroxylation sites is 1. The predicted molar refractivity (Wildman–Crippen MR) is 76.5 cm³/mol. The molecule has 104 valence electrons. The molecule has 4 heteroatoms. The zero-order valence-corrected chi connectivity index (χ0v) is 11.8. The van der Waals surface area contributed by atoms with Gasteiger partial charge in [-0.3, -0.25) is 4.79 Å². The lowest BCUT2D eigenvalue weighted by Gasteiger charge is -2.28. The molecule has 1 amide bonds. The summed E-state index contributed by atoms with van der Waals surface area (Å²) in [5, 5.41) is 9.74. The maximum Gasteiger partial charge on any atom is 0.227 e. The number of carbonyl (C=O) groups excluding carboxylic acids is 1. The highest BCUT2D eigenvalue weighted by molar-refractivity contribution is 6.18. The van der Waals surface area contributed by atoms with Gasteiger partial charge in [0.1, 0.15) is 5.75 Å². The average Bonchev–Trinajstić information content (AvgIpc) is 2.66. The second-order valence-corrected chi connectivity index (χ2v) is 5.36. The third kappa shape index (κ3) is 3.63. The summed E-state index contributed by atoms with van der Waals surface area (Å²) < 4.78 is 0. The average molecular weight is 282 g/mol. The number of phenols is 1. The van der Waals surface area contributed by atoms with Crippen molar-refractivity contribution in [2.75, 3.05) is 12.4 Å². The van der Waals surface area contributed by atoms with Gasteiger partial charge in [-0.25, -0.2) is 0 Å². The number of amides is 1. The molecule has 0 radical (unpaired) electrons. The van der Waals surface area contributed by atoms with Crippen LogP contribution in [-0.4, -0.2) is 34.4 Å². The van der Waals surface area contributed by atoms with Crippen molar-refractivity contribution in [1.82, 2.24) is 4.90 Å². The monoisotopic (exact) mass is 281 g/mol. The van der Waals surface area contributed by atoms with E-state index in [4.69, 9.17) is 11.6 Å². The van der Waals surface area contributed by atoms with Crippen molar-refractivity contribution in [2.45, 2.75) is 38.1 Å². The van der Waals surface area contributed by atoms with Crippen LogP contribution in [0.4, 0.5) is 0 Å². The van der Waals surface area contributed by atoms with Crippen LogP contribution in [0.15, 0.2) is 24.3 Å². The van der Waals surface area contributed by atoms with Crippen LogP contribution in [0.2, 0.25) is 0 Å². The number of likely N-dealkylation sites (tertiary alicyclic amines) is 1. The number of aromatic hydroxyl groups is 1. The number of hydrogen-bond donors (Lipinski definition) is 1. The molecule has 0 aromatic heterocycles. The topological polar surface area (TPSA) is 40.5 Å². The van der Waals surface area contributed by atoms with Gasteiger partial charge in [0.25, 0.3) is 0 Å². The maximum atomic E-state index is 12.4. The summed E-state index contributed by atoms with van der Waals surface area (Å²) >= 11 is 5.98. The number of rotatable bonds is 3. The molecule has 0 aliphatic carbocycles. The summed E-state index contributed by atoms with van der Waals surface area (Å²) in [7, 11) is 0. The van der Waals surface area contributed by atoms with E-state index in [1.165, 1.54) is 0 Å². The quantitative estimate of drug-likeness (QED) is 0.866.